The lowest BCUT2D eigenvalue weighted by molar-refractivity contribution is 0.568. The molecule has 1 aliphatic heterocycles. The number of piperidine rings is 1. The Labute approximate surface area is 138 Å². The van der Waals surface area contributed by atoms with Crippen molar-refractivity contribution in [1.29, 1.82) is 0 Å². The summed E-state index contributed by atoms with van der Waals surface area (Å²) in [5.41, 5.74) is 2.16. The van der Waals surface area contributed by atoms with Crippen LogP contribution in [0, 0.1) is 6.92 Å². The van der Waals surface area contributed by atoms with E-state index in [0.29, 0.717) is 0 Å². The van der Waals surface area contributed by atoms with Crippen LogP contribution in [0.5, 0.6) is 0 Å². The zero-order valence-corrected chi connectivity index (χ0v) is 13.8. The average molecular weight is 311 g/mol. The monoisotopic (exact) mass is 311 g/mol. The van der Waals surface area contributed by atoms with Crippen molar-refractivity contribution in [2.24, 2.45) is 0 Å². The van der Waals surface area contributed by atoms with E-state index in [1.165, 1.54) is 19.3 Å². The number of hydrogen-bond donors (Lipinski definition) is 1. The Bertz CT molecular complexity index is 608. The molecule has 0 unspecified atom stereocenters. The van der Waals surface area contributed by atoms with Crippen molar-refractivity contribution in [3.05, 3.63) is 41.9 Å². The van der Waals surface area contributed by atoms with Gasteiger partial charge in [0, 0.05) is 43.3 Å². The number of anilines is 2. The number of nitrogens with one attached hydrogen (secondary N) is 1. The molecule has 2 aromatic heterocycles. The van der Waals surface area contributed by atoms with Crippen LogP contribution >= 0.6 is 0 Å². The summed E-state index contributed by atoms with van der Waals surface area (Å²) in [6, 6.07) is 8.08. The molecule has 0 spiro atoms. The Kier molecular flexibility index (Phi) is 5.40. The van der Waals surface area contributed by atoms with Crippen molar-refractivity contribution in [1.82, 2.24) is 15.0 Å². The Hall–Kier alpha value is -2.17. The van der Waals surface area contributed by atoms with Gasteiger partial charge >= 0.3 is 0 Å². The third-order valence-electron chi connectivity index (χ3n) is 4.12. The summed E-state index contributed by atoms with van der Waals surface area (Å²) < 4.78 is 0. The zero-order chi connectivity index (χ0) is 15.9. The maximum Gasteiger partial charge on any atom is 0.227 e. The fourth-order valence-electron chi connectivity index (χ4n) is 2.91. The van der Waals surface area contributed by atoms with E-state index in [9.17, 15) is 0 Å². The van der Waals surface area contributed by atoms with Gasteiger partial charge < -0.3 is 10.2 Å². The van der Waals surface area contributed by atoms with E-state index in [2.05, 4.69) is 31.2 Å². The first-order valence-corrected chi connectivity index (χ1v) is 8.56. The van der Waals surface area contributed by atoms with Crippen molar-refractivity contribution in [3.63, 3.8) is 0 Å². The van der Waals surface area contributed by atoms with Gasteiger partial charge in [0.15, 0.2) is 0 Å². The lowest BCUT2D eigenvalue weighted by Gasteiger charge is -2.27. The lowest BCUT2D eigenvalue weighted by Crippen LogP contribution is -2.31. The largest absolute Gasteiger partial charge is 0.370 e. The molecule has 2 aromatic rings. The van der Waals surface area contributed by atoms with Crippen molar-refractivity contribution in [2.75, 3.05) is 29.9 Å². The number of pyridine rings is 1. The van der Waals surface area contributed by atoms with Crippen LogP contribution in [0.2, 0.25) is 0 Å². The molecule has 1 fully saturated rings. The molecule has 0 radical (unpaired) electrons. The number of nitrogens with zero attached hydrogens (tertiary/aromatic N) is 4. The SMILES string of the molecule is Cc1cc(NCCCc2ccccn2)nc(N2CCCCC2)n1. The normalized spacial score (nSPS) is 14.7. The molecule has 0 aromatic carbocycles. The Morgan fingerprint density at radius 3 is 2.78 bits per heavy atom. The zero-order valence-electron chi connectivity index (χ0n) is 13.8. The van der Waals surface area contributed by atoms with E-state index >= 15 is 0 Å². The standard InChI is InChI=1S/C18H25N5/c1-15-14-17(20-11-7-9-16-8-3-4-10-19-16)22-18(21-15)23-12-5-2-6-13-23/h3-4,8,10,14H,2,5-7,9,11-13H2,1H3,(H,20,21,22). The molecule has 0 atom stereocenters. The molecule has 0 bridgehead atoms. The minimum absolute atomic E-state index is 0.872. The predicted molar refractivity (Wildman–Crippen MR) is 93.9 cm³/mol. The van der Waals surface area contributed by atoms with E-state index in [4.69, 9.17) is 0 Å². The first kappa shape index (κ1) is 15.7. The predicted octanol–water partition coefficient (Wildman–Crippen LogP) is 3.22. The molecule has 122 valence electrons. The molecule has 0 aliphatic carbocycles. The summed E-state index contributed by atoms with van der Waals surface area (Å²) >= 11 is 0. The van der Waals surface area contributed by atoms with Gasteiger partial charge in [-0.05, 0) is 51.2 Å². The smallest absolute Gasteiger partial charge is 0.227 e. The topological polar surface area (TPSA) is 53.9 Å². The number of aryl methyl sites for hydroxylation is 2. The van der Waals surface area contributed by atoms with Crippen LogP contribution in [-0.2, 0) is 6.42 Å². The summed E-state index contributed by atoms with van der Waals surface area (Å²) in [5, 5.41) is 3.43. The maximum absolute atomic E-state index is 4.69. The van der Waals surface area contributed by atoms with Gasteiger partial charge in [0.1, 0.15) is 5.82 Å². The minimum Gasteiger partial charge on any atom is -0.370 e. The Balaban J connectivity index is 1.54. The molecule has 0 amide bonds. The van der Waals surface area contributed by atoms with E-state index in [0.717, 1.165) is 55.6 Å². The highest BCUT2D eigenvalue weighted by atomic mass is 15.3. The number of hydrogen-bond acceptors (Lipinski definition) is 5. The second kappa shape index (κ2) is 7.90. The molecule has 5 heteroatoms. The molecule has 5 nitrogen and oxygen atoms in total. The molecule has 23 heavy (non-hydrogen) atoms. The molecule has 1 N–H and O–H groups in total. The van der Waals surface area contributed by atoms with Gasteiger partial charge in [-0.25, -0.2) is 4.98 Å². The highest BCUT2D eigenvalue weighted by Gasteiger charge is 2.14. The van der Waals surface area contributed by atoms with Crippen LogP contribution in [0.25, 0.3) is 0 Å². The van der Waals surface area contributed by atoms with Crippen LogP contribution in [0.3, 0.4) is 0 Å². The second-order valence-corrected chi connectivity index (χ2v) is 6.09. The molecular weight excluding hydrogens is 286 g/mol. The fourth-order valence-corrected chi connectivity index (χ4v) is 2.91. The van der Waals surface area contributed by atoms with Crippen molar-refractivity contribution in [3.8, 4) is 0 Å². The van der Waals surface area contributed by atoms with E-state index in [1.807, 2.05) is 31.3 Å². The minimum atomic E-state index is 0.872. The van der Waals surface area contributed by atoms with E-state index in [1.54, 1.807) is 0 Å². The Morgan fingerprint density at radius 1 is 1.13 bits per heavy atom. The lowest BCUT2D eigenvalue weighted by atomic mass is 10.1. The Morgan fingerprint density at radius 2 is 2.00 bits per heavy atom. The highest BCUT2D eigenvalue weighted by Crippen LogP contribution is 2.18. The van der Waals surface area contributed by atoms with Gasteiger partial charge in [0.25, 0.3) is 0 Å². The molecule has 3 rings (SSSR count). The number of rotatable bonds is 6. The van der Waals surface area contributed by atoms with Crippen LogP contribution in [0.15, 0.2) is 30.5 Å². The number of aromatic nitrogens is 3. The van der Waals surface area contributed by atoms with Crippen LogP contribution in [0.1, 0.15) is 37.1 Å². The second-order valence-electron chi connectivity index (χ2n) is 6.09. The quantitative estimate of drug-likeness (QED) is 0.830. The first-order chi connectivity index (χ1) is 11.3. The molecule has 1 saturated heterocycles. The van der Waals surface area contributed by atoms with Crippen molar-refractivity contribution in [2.45, 2.75) is 39.0 Å². The molecule has 0 saturated carbocycles. The third kappa shape index (κ3) is 4.65. The maximum atomic E-state index is 4.69. The van der Waals surface area contributed by atoms with Crippen molar-refractivity contribution >= 4 is 11.8 Å². The van der Waals surface area contributed by atoms with Gasteiger partial charge in [0.05, 0.1) is 0 Å². The molecule has 1 aliphatic rings. The van der Waals surface area contributed by atoms with Crippen LogP contribution in [-0.4, -0.2) is 34.6 Å². The fraction of sp³-hybridized carbons (Fsp3) is 0.500. The first-order valence-electron chi connectivity index (χ1n) is 8.56. The van der Waals surface area contributed by atoms with Gasteiger partial charge in [-0.3, -0.25) is 4.98 Å². The third-order valence-corrected chi connectivity index (χ3v) is 4.12. The van der Waals surface area contributed by atoms with Gasteiger partial charge in [-0.2, -0.15) is 4.98 Å². The van der Waals surface area contributed by atoms with Gasteiger partial charge in [-0.15, -0.1) is 0 Å². The summed E-state index contributed by atoms with van der Waals surface area (Å²) in [4.78, 5) is 15.9. The van der Waals surface area contributed by atoms with E-state index < -0.39 is 0 Å². The average Bonchev–Trinajstić information content (AvgIpc) is 2.60. The van der Waals surface area contributed by atoms with Gasteiger partial charge in [0.2, 0.25) is 5.95 Å². The summed E-state index contributed by atoms with van der Waals surface area (Å²) in [5.74, 6) is 1.80. The van der Waals surface area contributed by atoms with Gasteiger partial charge in [-0.1, -0.05) is 6.07 Å². The van der Waals surface area contributed by atoms with Crippen LogP contribution in [0.4, 0.5) is 11.8 Å². The summed E-state index contributed by atoms with van der Waals surface area (Å²) in [6.07, 6.45) is 7.67. The molecule has 3 heterocycles. The molecular formula is C18H25N5. The van der Waals surface area contributed by atoms with E-state index in [-0.39, 0.29) is 0 Å². The summed E-state index contributed by atoms with van der Waals surface area (Å²) in [7, 11) is 0. The van der Waals surface area contributed by atoms with Crippen molar-refractivity contribution < 1.29 is 0 Å². The highest BCUT2D eigenvalue weighted by molar-refractivity contribution is 5.43. The van der Waals surface area contributed by atoms with Crippen LogP contribution < -0.4 is 10.2 Å². The summed E-state index contributed by atoms with van der Waals surface area (Å²) in [6.45, 7) is 5.08.